The van der Waals surface area contributed by atoms with E-state index in [4.69, 9.17) is 9.41 Å². The third-order valence-corrected chi connectivity index (χ3v) is 5.89. The molecule has 2 atom stereocenters. The van der Waals surface area contributed by atoms with Crippen molar-refractivity contribution in [3.63, 3.8) is 0 Å². The van der Waals surface area contributed by atoms with Crippen LogP contribution in [0.4, 0.5) is 0 Å². The smallest absolute Gasteiger partial charge is 0.191 e. The number of hydrogen-bond donors (Lipinski definition) is 2. The van der Waals surface area contributed by atoms with Gasteiger partial charge in [0.15, 0.2) is 5.96 Å². The minimum absolute atomic E-state index is 0.0282. The molecule has 1 aliphatic rings. The molecule has 0 aromatic carbocycles. The summed E-state index contributed by atoms with van der Waals surface area (Å²) in [5.41, 5.74) is 0. The van der Waals surface area contributed by atoms with E-state index in [2.05, 4.69) is 22.5 Å². The second kappa shape index (κ2) is 10.7. The summed E-state index contributed by atoms with van der Waals surface area (Å²) in [5, 5.41) is 6.71. The fourth-order valence-corrected chi connectivity index (χ4v) is 4.10. The van der Waals surface area contributed by atoms with Gasteiger partial charge >= 0.3 is 0 Å². The SMILES string of the molecule is CCN1CCCC1CN=C(NCCc1ccco1)NC(C)CCS(C)(=O)=O. The Morgan fingerprint density at radius 3 is 2.96 bits per heavy atom. The molecule has 0 radical (unpaired) electrons. The van der Waals surface area contributed by atoms with Crippen LogP contribution >= 0.6 is 0 Å². The Labute approximate surface area is 163 Å². The molecule has 8 heteroatoms. The molecule has 7 nitrogen and oxygen atoms in total. The van der Waals surface area contributed by atoms with E-state index in [9.17, 15) is 8.42 Å². The molecule has 2 N–H and O–H groups in total. The van der Waals surface area contributed by atoms with E-state index >= 15 is 0 Å². The lowest BCUT2D eigenvalue weighted by atomic mass is 10.2. The van der Waals surface area contributed by atoms with Crippen molar-refractivity contribution in [2.45, 2.75) is 51.6 Å². The second-order valence-electron chi connectivity index (χ2n) is 7.33. The number of furan rings is 1. The van der Waals surface area contributed by atoms with Gasteiger partial charge in [0, 0.05) is 31.3 Å². The first-order valence-electron chi connectivity index (χ1n) is 9.86. The average Bonchev–Trinajstić information content (AvgIpc) is 3.28. The normalized spacial score (nSPS) is 20.0. The highest BCUT2D eigenvalue weighted by atomic mass is 32.2. The van der Waals surface area contributed by atoms with Crippen LogP contribution < -0.4 is 10.6 Å². The van der Waals surface area contributed by atoms with Crippen LogP contribution in [0.25, 0.3) is 0 Å². The predicted molar refractivity (Wildman–Crippen MR) is 110 cm³/mol. The third-order valence-electron chi connectivity index (χ3n) is 4.91. The number of guanidine groups is 1. The fraction of sp³-hybridized carbons (Fsp3) is 0.737. The predicted octanol–water partition coefficient (Wildman–Crippen LogP) is 1.66. The van der Waals surface area contributed by atoms with Crippen molar-refractivity contribution in [3.05, 3.63) is 24.2 Å². The molecule has 1 saturated heterocycles. The van der Waals surface area contributed by atoms with Gasteiger partial charge in [-0.2, -0.15) is 0 Å². The van der Waals surface area contributed by atoms with Gasteiger partial charge in [-0.1, -0.05) is 6.92 Å². The maximum atomic E-state index is 11.4. The molecule has 0 bridgehead atoms. The van der Waals surface area contributed by atoms with Crippen LogP contribution in [0, 0.1) is 0 Å². The number of likely N-dealkylation sites (tertiary alicyclic amines) is 1. The Hall–Kier alpha value is -1.54. The first kappa shape index (κ1) is 21.8. The van der Waals surface area contributed by atoms with Gasteiger partial charge in [-0.3, -0.25) is 9.89 Å². The van der Waals surface area contributed by atoms with E-state index in [0.29, 0.717) is 19.0 Å². The van der Waals surface area contributed by atoms with E-state index in [0.717, 1.165) is 37.8 Å². The summed E-state index contributed by atoms with van der Waals surface area (Å²) in [6.07, 6.45) is 6.69. The van der Waals surface area contributed by atoms with Gasteiger partial charge in [-0.25, -0.2) is 8.42 Å². The van der Waals surface area contributed by atoms with Crippen molar-refractivity contribution in [2.75, 3.05) is 38.2 Å². The molecule has 2 unspecified atom stereocenters. The largest absolute Gasteiger partial charge is 0.469 e. The van der Waals surface area contributed by atoms with Crippen molar-refractivity contribution in [1.29, 1.82) is 0 Å². The highest BCUT2D eigenvalue weighted by Crippen LogP contribution is 2.16. The summed E-state index contributed by atoms with van der Waals surface area (Å²) in [7, 11) is -2.96. The number of sulfone groups is 1. The average molecular weight is 399 g/mol. The van der Waals surface area contributed by atoms with Crippen molar-refractivity contribution < 1.29 is 12.8 Å². The van der Waals surface area contributed by atoms with E-state index in [-0.39, 0.29) is 11.8 Å². The summed E-state index contributed by atoms with van der Waals surface area (Å²) in [6.45, 7) is 7.84. The molecule has 2 heterocycles. The molecule has 27 heavy (non-hydrogen) atoms. The summed E-state index contributed by atoms with van der Waals surface area (Å²) in [6, 6.07) is 4.36. The fourth-order valence-electron chi connectivity index (χ4n) is 3.32. The van der Waals surface area contributed by atoms with Crippen LogP contribution in [0.1, 0.15) is 38.9 Å². The molecule has 1 aliphatic heterocycles. The van der Waals surface area contributed by atoms with Crippen molar-refractivity contribution in [2.24, 2.45) is 4.99 Å². The zero-order chi connectivity index (χ0) is 19.7. The lowest BCUT2D eigenvalue weighted by Gasteiger charge is -2.22. The molecular formula is C19H34N4O3S. The molecule has 0 amide bonds. The Morgan fingerprint density at radius 2 is 2.30 bits per heavy atom. The summed E-state index contributed by atoms with van der Waals surface area (Å²) in [4.78, 5) is 7.25. The van der Waals surface area contributed by atoms with E-state index < -0.39 is 9.84 Å². The van der Waals surface area contributed by atoms with Crippen LogP contribution in [0.3, 0.4) is 0 Å². The van der Waals surface area contributed by atoms with Crippen LogP contribution in [-0.4, -0.2) is 69.5 Å². The molecule has 1 aromatic heterocycles. The number of likely N-dealkylation sites (N-methyl/N-ethyl adjacent to an activating group) is 1. The van der Waals surface area contributed by atoms with E-state index in [1.165, 1.54) is 19.1 Å². The molecule has 2 rings (SSSR count). The van der Waals surface area contributed by atoms with E-state index in [1.807, 2.05) is 19.1 Å². The maximum Gasteiger partial charge on any atom is 0.191 e. The summed E-state index contributed by atoms with van der Waals surface area (Å²) >= 11 is 0. The molecule has 1 aromatic rings. The van der Waals surface area contributed by atoms with Crippen LogP contribution in [0.5, 0.6) is 0 Å². The number of nitrogens with one attached hydrogen (secondary N) is 2. The minimum Gasteiger partial charge on any atom is -0.469 e. The molecular weight excluding hydrogens is 364 g/mol. The topological polar surface area (TPSA) is 86.9 Å². The number of hydrogen-bond acceptors (Lipinski definition) is 5. The first-order valence-corrected chi connectivity index (χ1v) is 11.9. The van der Waals surface area contributed by atoms with Crippen LogP contribution in [0.2, 0.25) is 0 Å². The van der Waals surface area contributed by atoms with Crippen molar-refractivity contribution >= 4 is 15.8 Å². The zero-order valence-corrected chi connectivity index (χ0v) is 17.6. The van der Waals surface area contributed by atoms with Gasteiger partial charge in [0.1, 0.15) is 15.6 Å². The van der Waals surface area contributed by atoms with Gasteiger partial charge in [0.25, 0.3) is 0 Å². The molecule has 0 saturated carbocycles. The third kappa shape index (κ3) is 8.34. The Balaban J connectivity index is 1.90. The summed E-state index contributed by atoms with van der Waals surface area (Å²) in [5.74, 6) is 1.85. The number of rotatable bonds is 10. The van der Waals surface area contributed by atoms with E-state index in [1.54, 1.807) is 6.26 Å². The quantitative estimate of drug-likeness (QED) is 0.460. The number of aliphatic imine (C=N–C) groups is 1. The minimum atomic E-state index is -2.96. The van der Waals surface area contributed by atoms with Gasteiger partial charge in [0.05, 0.1) is 18.6 Å². The Morgan fingerprint density at radius 1 is 1.48 bits per heavy atom. The van der Waals surface area contributed by atoms with Crippen molar-refractivity contribution in [1.82, 2.24) is 15.5 Å². The summed E-state index contributed by atoms with van der Waals surface area (Å²) < 4.78 is 28.2. The van der Waals surface area contributed by atoms with Gasteiger partial charge in [-0.05, 0) is 51.4 Å². The second-order valence-corrected chi connectivity index (χ2v) is 9.59. The lowest BCUT2D eigenvalue weighted by molar-refractivity contribution is 0.273. The zero-order valence-electron chi connectivity index (χ0n) is 16.8. The van der Waals surface area contributed by atoms with Crippen LogP contribution in [0.15, 0.2) is 27.8 Å². The molecule has 0 aliphatic carbocycles. The molecule has 0 spiro atoms. The molecule has 154 valence electrons. The number of nitrogens with zero attached hydrogens (tertiary/aromatic N) is 2. The standard InChI is InChI=1S/C19H34N4O3S/c1-4-23-12-5-7-17(23)15-21-19(20-11-9-18-8-6-13-26-18)22-16(2)10-14-27(3,24)25/h6,8,13,16-17H,4-5,7,9-12,14-15H2,1-3H3,(H2,20,21,22). The first-order chi connectivity index (χ1) is 12.9. The highest BCUT2D eigenvalue weighted by molar-refractivity contribution is 7.90. The van der Waals surface area contributed by atoms with Crippen LogP contribution in [-0.2, 0) is 16.3 Å². The van der Waals surface area contributed by atoms with Gasteiger partial charge in [-0.15, -0.1) is 0 Å². The molecule has 1 fully saturated rings. The monoisotopic (exact) mass is 398 g/mol. The maximum absolute atomic E-state index is 11.4. The Bertz CT molecular complexity index is 673. The lowest BCUT2D eigenvalue weighted by Crippen LogP contribution is -2.44. The highest BCUT2D eigenvalue weighted by Gasteiger charge is 2.22. The van der Waals surface area contributed by atoms with Crippen molar-refractivity contribution in [3.8, 4) is 0 Å². The van der Waals surface area contributed by atoms with Gasteiger partial charge in [0.2, 0.25) is 0 Å². The van der Waals surface area contributed by atoms with Gasteiger partial charge < -0.3 is 15.1 Å². The Kier molecular flexibility index (Phi) is 8.63.